The van der Waals surface area contributed by atoms with Gasteiger partial charge in [-0.3, -0.25) is 10.1 Å². The number of β-amino-alcohol motifs (C(OH)–C–C–N with tert-alkyl or cyclic N) is 1. The monoisotopic (exact) mass is 285 g/mol. The van der Waals surface area contributed by atoms with Gasteiger partial charge in [0.05, 0.1) is 11.0 Å². The van der Waals surface area contributed by atoms with E-state index in [1.165, 1.54) is 18.2 Å². The SMILES string of the molecule is O=[N+]([O-])c1ccc(Cl)c(CNCC2CNCC2O)c1. The maximum atomic E-state index is 10.7. The first-order valence-electron chi connectivity index (χ1n) is 6.10. The molecule has 0 radical (unpaired) electrons. The minimum absolute atomic E-state index is 0.0313. The third-order valence-electron chi connectivity index (χ3n) is 3.27. The van der Waals surface area contributed by atoms with E-state index in [9.17, 15) is 15.2 Å². The summed E-state index contributed by atoms with van der Waals surface area (Å²) in [6.07, 6.45) is -0.340. The highest BCUT2D eigenvalue weighted by atomic mass is 35.5. The molecule has 1 aromatic rings. The molecule has 2 unspecified atom stereocenters. The fourth-order valence-corrected chi connectivity index (χ4v) is 2.31. The van der Waals surface area contributed by atoms with E-state index in [-0.39, 0.29) is 17.7 Å². The Hall–Kier alpha value is -1.21. The molecule has 0 aliphatic carbocycles. The molecule has 0 spiro atoms. The van der Waals surface area contributed by atoms with Crippen molar-refractivity contribution in [3.8, 4) is 0 Å². The van der Waals surface area contributed by atoms with Gasteiger partial charge in [-0.25, -0.2) is 0 Å². The number of hydrogen-bond donors (Lipinski definition) is 3. The molecule has 1 aromatic carbocycles. The summed E-state index contributed by atoms with van der Waals surface area (Å²) in [6, 6.07) is 4.39. The zero-order valence-electron chi connectivity index (χ0n) is 10.3. The maximum Gasteiger partial charge on any atom is 0.269 e. The summed E-state index contributed by atoms with van der Waals surface area (Å²) < 4.78 is 0. The second-order valence-electron chi connectivity index (χ2n) is 4.65. The van der Waals surface area contributed by atoms with Crippen molar-refractivity contribution in [2.75, 3.05) is 19.6 Å². The molecule has 3 N–H and O–H groups in total. The van der Waals surface area contributed by atoms with Crippen LogP contribution in [0.4, 0.5) is 5.69 Å². The van der Waals surface area contributed by atoms with Gasteiger partial charge in [0, 0.05) is 49.3 Å². The zero-order chi connectivity index (χ0) is 13.8. The summed E-state index contributed by atoms with van der Waals surface area (Å²) in [4.78, 5) is 10.3. The molecule has 19 heavy (non-hydrogen) atoms. The van der Waals surface area contributed by atoms with E-state index in [1.54, 1.807) is 0 Å². The lowest BCUT2D eigenvalue weighted by atomic mass is 10.1. The zero-order valence-corrected chi connectivity index (χ0v) is 11.1. The molecule has 0 amide bonds. The van der Waals surface area contributed by atoms with Crippen molar-refractivity contribution in [1.29, 1.82) is 0 Å². The topological polar surface area (TPSA) is 87.4 Å². The first-order chi connectivity index (χ1) is 9.08. The molecule has 1 aliphatic heterocycles. The molecule has 0 bridgehead atoms. The van der Waals surface area contributed by atoms with Gasteiger partial charge < -0.3 is 15.7 Å². The predicted molar refractivity (Wildman–Crippen MR) is 72.2 cm³/mol. The average Bonchev–Trinajstić information content (AvgIpc) is 2.77. The van der Waals surface area contributed by atoms with Crippen molar-refractivity contribution in [3.05, 3.63) is 38.9 Å². The standard InChI is InChI=1S/C12H16ClN3O3/c13-11-2-1-10(16(18)19)3-8(11)4-14-5-9-6-15-7-12(9)17/h1-3,9,12,14-15,17H,4-7H2. The van der Waals surface area contributed by atoms with Gasteiger partial charge in [0.15, 0.2) is 0 Å². The van der Waals surface area contributed by atoms with E-state index >= 15 is 0 Å². The highest BCUT2D eigenvalue weighted by Gasteiger charge is 2.24. The van der Waals surface area contributed by atoms with Crippen LogP contribution in [0.5, 0.6) is 0 Å². The van der Waals surface area contributed by atoms with Gasteiger partial charge in [0.1, 0.15) is 0 Å². The molecule has 6 nitrogen and oxygen atoms in total. The van der Waals surface area contributed by atoms with Crippen LogP contribution in [0.1, 0.15) is 5.56 Å². The Morgan fingerprint density at radius 1 is 1.53 bits per heavy atom. The van der Waals surface area contributed by atoms with E-state index in [1.807, 2.05) is 0 Å². The summed E-state index contributed by atoms with van der Waals surface area (Å²) >= 11 is 6.00. The second kappa shape index (κ2) is 6.29. The largest absolute Gasteiger partial charge is 0.391 e. The van der Waals surface area contributed by atoms with E-state index in [4.69, 9.17) is 11.6 Å². The quantitative estimate of drug-likeness (QED) is 0.553. The highest BCUT2D eigenvalue weighted by Crippen LogP contribution is 2.22. The van der Waals surface area contributed by atoms with Crippen LogP contribution in [0.15, 0.2) is 18.2 Å². The van der Waals surface area contributed by atoms with Crippen molar-refractivity contribution in [2.45, 2.75) is 12.6 Å². The van der Waals surface area contributed by atoms with Crippen molar-refractivity contribution < 1.29 is 10.0 Å². The predicted octanol–water partition coefficient (Wildman–Crippen LogP) is 0.918. The van der Waals surface area contributed by atoms with Gasteiger partial charge in [-0.2, -0.15) is 0 Å². The van der Waals surface area contributed by atoms with Gasteiger partial charge >= 0.3 is 0 Å². The molecule has 104 valence electrons. The van der Waals surface area contributed by atoms with Crippen molar-refractivity contribution in [3.63, 3.8) is 0 Å². The third kappa shape index (κ3) is 3.63. The fraction of sp³-hybridized carbons (Fsp3) is 0.500. The number of rotatable bonds is 5. The van der Waals surface area contributed by atoms with Gasteiger partial charge in [0.25, 0.3) is 5.69 Å². The Bertz CT molecular complexity index is 470. The summed E-state index contributed by atoms with van der Waals surface area (Å²) in [7, 11) is 0. The van der Waals surface area contributed by atoms with E-state index in [0.29, 0.717) is 30.2 Å². The summed E-state index contributed by atoms with van der Waals surface area (Å²) in [5, 5.41) is 27.1. The van der Waals surface area contributed by atoms with E-state index < -0.39 is 4.92 Å². The molecule has 1 fully saturated rings. The molecule has 1 heterocycles. The first-order valence-corrected chi connectivity index (χ1v) is 6.48. The van der Waals surface area contributed by atoms with Gasteiger partial charge in [-0.15, -0.1) is 0 Å². The minimum atomic E-state index is -0.440. The van der Waals surface area contributed by atoms with Gasteiger partial charge in [0.2, 0.25) is 0 Å². The molecule has 1 saturated heterocycles. The van der Waals surface area contributed by atoms with Crippen LogP contribution in [0.2, 0.25) is 5.02 Å². The van der Waals surface area contributed by atoms with Crippen LogP contribution in [0, 0.1) is 16.0 Å². The highest BCUT2D eigenvalue weighted by molar-refractivity contribution is 6.31. The lowest BCUT2D eigenvalue weighted by molar-refractivity contribution is -0.384. The van der Waals surface area contributed by atoms with E-state index in [0.717, 1.165) is 6.54 Å². The molecule has 2 rings (SSSR count). The Morgan fingerprint density at radius 3 is 2.95 bits per heavy atom. The fourth-order valence-electron chi connectivity index (χ4n) is 2.13. The number of nitrogens with one attached hydrogen (secondary N) is 2. The molecule has 1 aliphatic rings. The summed E-state index contributed by atoms with van der Waals surface area (Å²) in [6.45, 7) is 2.48. The van der Waals surface area contributed by atoms with Crippen LogP contribution in [0.25, 0.3) is 0 Å². The van der Waals surface area contributed by atoms with Crippen molar-refractivity contribution >= 4 is 17.3 Å². The summed E-state index contributed by atoms with van der Waals surface area (Å²) in [5.41, 5.74) is 0.722. The van der Waals surface area contributed by atoms with Crippen LogP contribution in [-0.4, -0.2) is 35.8 Å². The van der Waals surface area contributed by atoms with Crippen molar-refractivity contribution in [2.24, 2.45) is 5.92 Å². The second-order valence-corrected chi connectivity index (χ2v) is 5.06. The number of benzene rings is 1. The number of aliphatic hydroxyl groups excluding tert-OH is 1. The van der Waals surface area contributed by atoms with Gasteiger partial charge in [-0.1, -0.05) is 11.6 Å². The maximum absolute atomic E-state index is 10.7. The number of hydrogen-bond acceptors (Lipinski definition) is 5. The smallest absolute Gasteiger partial charge is 0.269 e. The molecular formula is C12H16ClN3O3. The van der Waals surface area contributed by atoms with Gasteiger partial charge in [-0.05, 0) is 11.6 Å². The number of nitro benzene ring substituents is 1. The number of nitrogens with zero attached hydrogens (tertiary/aromatic N) is 1. The number of non-ortho nitro benzene ring substituents is 1. The molecule has 2 atom stereocenters. The molecule has 7 heteroatoms. The number of aliphatic hydroxyl groups is 1. The minimum Gasteiger partial charge on any atom is -0.391 e. The summed E-state index contributed by atoms with van der Waals surface area (Å²) in [5.74, 6) is 0.164. The number of nitro groups is 1. The third-order valence-corrected chi connectivity index (χ3v) is 3.63. The Morgan fingerprint density at radius 2 is 2.32 bits per heavy atom. The van der Waals surface area contributed by atoms with Crippen LogP contribution < -0.4 is 10.6 Å². The molecule has 0 aromatic heterocycles. The normalized spacial score (nSPS) is 22.6. The molecule has 0 saturated carbocycles. The number of halogens is 1. The molecular weight excluding hydrogens is 270 g/mol. The Labute approximate surface area is 115 Å². The van der Waals surface area contributed by atoms with Crippen LogP contribution in [0.3, 0.4) is 0 Å². The first kappa shape index (κ1) is 14.2. The van der Waals surface area contributed by atoms with Crippen LogP contribution >= 0.6 is 11.6 Å². The lowest BCUT2D eigenvalue weighted by Crippen LogP contribution is -2.30. The lowest BCUT2D eigenvalue weighted by Gasteiger charge is -2.14. The average molecular weight is 286 g/mol. The van der Waals surface area contributed by atoms with Crippen molar-refractivity contribution in [1.82, 2.24) is 10.6 Å². The Balaban J connectivity index is 1.91. The Kier molecular flexibility index (Phi) is 4.71. The van der Waals surface area contributed by atoms with Crippen LogP contribution in [-0.2, 0) is 6.54 Å². The van der Waals surface area contributed by atoms with E-state index in [2.05, 4.69) is 10.6 Å².